The standard InChI is InChI=1S/C14H20F3N3O.HI/c1-3-10(2)20-13(18)19-7-8-21-12-6-4-5-11(9-12)14(15,16)17;/h4-6,9-10H,3,7-8H2,1-2H3,(H3,18,19,20);1H. The molecule has 1 aromatic rings. The summed E-state index contributed by atoms with van der Waals surface area (Å²) in [6.07, 6.45) is -3.46. The molecule has 1 atom stereocenters. The Morgan fingerprint density at radius 3 is 2.68 bits per heavy atom. The van der Waals surface area contributed by atoms with E-state index in [2.05, 4.69) is 10.3 Å². The number of aliphatic imine (C=N–C) groups is 1. The molecule has 22 heavy (non-hydrogen) atoms. The van der Waals surface area contributed by atoms with E-state index in [0.29, 0.717) is 5.96 Å². The van der Waals surface area contributed by atoms with Crippen LogP contribution in [-0.2, 0) is 6.18 Å². The molecule has 0 aromatic heterocycles. The molecule has 0 spiro atoms. The first kappa shape index (κ1) is 20.8. The first-order valence-corrected chi connectivity index (χ1v) is 6.69. The molecule has 0 saturated heterocycles. The van der Waals surface area contributed by atoms with E-state index in [1.807, 2.05) is 13.8 Å². The zero-order valence-electron chi connectivity index (χ0n) is 12.5. The van der Waals surface area contributed by atoms with Crippen molar-refractivity contribution in [3.63, 3.8) is 0 Å². The Labute approximate surface area is 145 Å². The molecule has 0 heterocycles. The number of halogens is 4. The van der Waals surface area contributed by atoms with Crippen LogP contribution in [0.15, 0.2) is 29.3 Å². The van der Waals surface area contributed by atoms with E-state index >= 15 is 0 Å². The number of ether oxygens (including phenoxy) is 1. The predicted octanol–water partition coefficient (Wildman–Crippen LogP) is 3.41. The maximum Gasteiger partial charge on any atom is 0.416 e. The Morgan fingerprint density at radius 1 is 1.41 bits per heavy atom. The van der Waals surface area contributed by atoms with Crippen LogP contribution in [0.4, 0.5) is 13.2 Å². The molecule has 0 aliphatic heterocycles. The molecule has 4 nitrogen and oxygen atoms in total. The van der Waals surface area contributed by atoms with Crippen molar-refractivity contribution < 1.29 is 17.9 Å². The predicted molar refractivity (Wildman–Crippen MR) is 91.7 cm³/mol. The molecule has 1 aromatic carbocycles. The van der Waals surface area contributed by atoms with E-state index in [1.54, 1.807) is 0 Å². The highest BCUT2D eigenvalue weighted by atomic mass is 127. The fraction of sp³-hybridized carbons (Fsp3) is 0.500. The molecule has 0 aliphatic carbocycles. The van der Waals surface area contributed by atoms with Crippen molar-refractivity contribution in [3.8, 4) is 5.75 Å². The molecule has 0 aliphatic rings. The number of guanidine groups is 1. The Balaban J connectivity index is 0.00000441. The molecule has 0 saturated carbocycles. The van der Waals surface area contributed by atoms with Gasteiger partial charge in [0.15, 0.2) is 5.96 Å². The summed E-state index contributed by atoms with van der Waals surface area (Å²) >= 11 is 0. The normalized spacial score (nSPS) is 13.2. The number of rotatable bonds is 6. The van der Waals surface area contributed by atoms with Gasteiger partial charge < -0.3 is 15.8 Å². The Kier molecular flexibility index (Phi) is 9.22. The smallest absolute Gasteiger partial charge is 0.416 e. The average Bonchev–Trinajstić information content (AvgIpc) is 2.43. The lowest BCUT2D eigenvalue weighted by Crippen LogP contribution is -2.38. The number of nitrogens with zero attached hydrogens (tertiary/aromatic N) is 1. The van der Waals surface area contributed by atoms with Crippen molar-refractivity contribution in [1.82, 2.24) is 5.32 Å². The van der Waals surface area contributed by atoms with Crippen molar-refractivity contribution in [2.24, 2.45) is 10.7 Å². The molecular formula is C14H21F3IN3O. The van der Waals surface area contributed by atoms with Crippen molar-refractivity contribution in [1.29, 1.82) is 0 Å². The minimum Gasteiger partial charge on any atom is -0.492 e. The minimum absolute atomic E-state index is 0. The van der Waals surface area contributed by atoms with Crippen LogP contribution in [-0.4, -0.2) is 25.2 Å². The van der Waals surface area contributed by atoms with Gasteiger partial charge in [-0.15, -0.1) is 24.0 Å². The zero-order chi connectivity index (χ0) is 15.9. The van der Waals surface area contributed by atoms with Gasteiger partial charge in [-0.05, 0) is 31.5 Å². The monoisotopic (exact) mass is 431 g/mol. The van der Waals surface area contributed by atoms with E-state index in [1.165, 1.54) is 12.1 Å². The van der Waals surface area contributed by atoms with Crippen LogP contribution in [0.3, 0.4) is 0 Å². The van der Waals surface area contributed by atoms with Crippen LogP contribution in [0.5, 0.6) is 5.75 Å². The van der Waals surface area contributed by atoms with Crippen molar-refractivity contribution >= 4 is 29.9 Å². The van der Waals surface area contributed by atoms with Gasteiger partial charge in [0.1, 0.15) is 12.4 Å². The van der Waals surface area contributed by atoms with Crippen LogP contribution in [0.1, 0.15) is 25.8 Å². The van der Waals surface area contributed by atoms with Crippen molar-refractivity contribution in [2.75, 3.05) is 13.2 Å². The fourth-order valence-corrected chi connectivity index (χ4v) is 1.49. The first-order chi connectivity index (χ1) is 9.82. The summed E-state index contributed by atoms with van der Waals surface area (Å²) in [5, 5.41) is 2.98. The molecule has 8 heteroatoms. The maximum atomic E-state index is 12.5. The highest BCUT2D eigenvalue weighted by Crippen LogP contribution is 2.31. The highest BCUT2D eigenvalue weighted by Gasteiger charge is 2.30. The van der Waals surface area contributed by atoms with E-state index < -0.39 is 11.7 Å². The summed E-state index contributed by atoms with van der Waals surface area (Å²) in [5.41, 5.74) is 4.91. The molecule has 0 fully saturated rings. The number of alkyl halides is 3. The topological polar surface area (TPSA) is 59.6 Å². The van der Waals surface area contributed by atoms with Crippen molar-refractivity contribution in [2.45, 2.75) is 32.5 Å². The van der Waals surface area contributed by atoms with Crippen LogP contribution >= 0.6 is 24.0 Å². The van der Waals surface area contributed by atoms with E-state index in [-0.39, 0.29) is 48.9 Å². The molecular weight excluding hydrogens is 410 g/mol. The van der Waals surface area contributed by atoms with Gasteiger partial charge >= 0.3 is 6.18 Å². The minimum atomic E-state index is -4.37. The lowest BCUT2D eigenvalue weighted by molar-refractivity contribution is -0.137. The van der Waals surface area contributed by atoms with Gasteiger partial charge in [0.2, 0.25) is 0 Å². The third-order valence-corrected chi connectivity index (χ3v) is 2.81. The third-order valence-electron chi connectivity index (χ3n) is 2.81. The van der Waals surface area contributed by atoms with Crippen LogP contribution in [0, 0.1) is 0 Å². The van der Waals surface area contributed by atoms with Gasteiger partial charge in [0, 0.05) is 6.04 Å². The maximum absolute atomic E-state index is 12.5. The Bertz CT molecular complexity index is 481. The van der Waals surface area contributed by atoms with Crippen LogP contribution in [0.2, 0.25) is 0 Å². The largest absolute Gasteiger partial charge is 0.492 e. The second-order valence-corrected chi connectivity index (χ2v) is 4.59. The van der Waals surface area contributed by atoms with Gasteiger partial charge in [-0.25, -0.2) is 4.99 Å². The van der Waals surface area contributed by atoms with Gasteiger partial charge in [0.05, 0.1) is 12.1 Å². The van der Waals surface area contributed by atoms with Crippen molar-refractivity contribution in [3.05, 3.63) is 29.8 Å². The zero-order valence-corrected chi connectivity index (χ0v) is 14.8. The van der Waals surface area contributed by atoms with E-state index in [4.69, 9.17) is 10.5 Å². The number of benzene rings is 1. The molecule has 0 bridgehead atoms. The molecule has 3 N–H and O–H groups in total. The average molecular weight is 431 g/mol. The van der Waals surface area contributed by atoms with Gasteiger partial charge in [-0.3, -0.25) is 0 Å². The van der Waals surface area contributed by atoms with Crippen LogP contribution < -0.4 is 15.8 Å². The lowest BCUT2D eigenvalue weighted by Gasteiger charge is -2.12. The van der Waals surface area contributed by atoms with Crippen LogP contribution in [0.25, 0.3) is 0 Å². The lowest BCUT2D eigenvalue weighted by atomic mass is 10.2. The summed E-state index contributed by atoms with van der Waals surface area (Å²) in [7, 11) is 0. The van der Waals surface area contributed by atoms with E-state index in [9.17, 15) is 13.2 Å². The second kappa shape index (κ2) is 9.75. The fourth-order valence-electron chi connectivity index (χ4n) is 1.49. The molecule has 1 rings (SSSR count). The Hall–Kier alpha value is -1.19. The SMILES string of the molecule is CCC(C)NC(N)=NCCOc1cccc(C(F)(F)F)c1.I. The summed E-state index contributed by atoms with van der Waals surface area (Å²) in [5.74, 6) is 0.463. The van der Waals surface area contributed by atoms with Gasteiger partial charge in [0.25, 0.3) is 0 Å². The Morgan fingerprint density at radius 2 is 2.09 bits per heavy atom. The number of nitrogens with one attached hydrogen (secondary N) is 1. The molecule has 0 amide bonds. The number of hydrogen-bond donors (Lipinski definition) is 2. The third kappa shape index (κ3) is 7.71. The van der Waals surface area contributed by atoms with Gasteiger partial charge in [-0.1, -0.05) is 13.0 Å². The second-order valence-electron chi connectivity index (χ2n) is 4.59. The first-order valence-electron chi connectivity index (χ1n) is 6.69. The number of hydrogen-bond acceptors (Lipinski definition) is 2. The molecule has 1 unspecified atom stereocenters. The summed E-state index contributed by atoms with van der Waals surface area (Å²) in [6, 6.07) is 4.96. The summed E-state index contributed by atoms with van der Waals surface area (Å²) < 4.78 is 42.8. The summed E-state index contributed by atoms with van der Waals surface area (Å²) in [4.78, 5) is 4.03. The highest BCUT2D eigenvalue weighted by molar-refractivity contribution is 14.0. The summed E-state index contributed by atoms with van der Waals surface area (Å²) in [6.45, 7) is 4.42. The molecule has 0 radical (unpaired) electrons. The van der Waals surface area contributed by atoms with E-state index in [0.717, 1.165) is 18.6 Å². The van der Waals surface area contributed by atoms with Gasteiger partial charge in [-0.2, -0.15) is 13.2 Å². The number of nitrogens with two attached hydrogens (primary N) is 1. The quantitative estimate of drug-likeness (QED) is 0.314. The molecule has 126 valence electrons.